The van der Waals surface area contributed by atoms with Crippen LogP contribution in [0, 0.1) is 5.82 Å². The Morgan fingerprint density at radius 2 is 2.11 bits per heavy atom. The Morgan fingerprint density at radius 3 is 2.68 bits per heavy atom. The lowest BCUT2D eigenvalue weighted by molar-refractivity contribution is -0.133. The van der Waals surface area contributed by atoms with E-state index in [1.54, 1.807) is 6.92 Å². The second-order valence-electron chi connectivity index (χ2n) is 4.46. The molecule has 2 amide bonds. The molecule has 1 N–H and O–H groups in total. The van der Waals surface area contributed by atoms with Crippen molar-refractivity contribution in [2.75, 3.05) is 4.90 Å². The molecule has 1 aromatic carbocycles. The summed E-state index contributed by atoms with van der Waals surface area (Å²) in [5.74, 6) is -0.996. The third-order valence-electron chi connectivity index (χ3n) is 3.15. The van der Waals surface area contributed by atoms with E-state index in [4.69, 9.17) is 11.6 Å². The summed E-state index contributed by atoms with van der Waals surface area (Å²) in [5, 5.41) is 2.55. The van der Waals surface area contributed by atoms with Crippen molar-refractivity contribution in [2.45, 2.75) is 32.4 Å². The number of nitrogens with zero attached hydrogens (tertiary/aromatic N) is 1. The van der Waals surface area contributed by atoms with Gasteiger partial charge in [-0.25, -0.2) is 4.39 Å². The van der Waals surface area contributed by atoms with Gasteiger partial charge in [0.05, 0.1) is 5.02 Å². The first-order valence-corrected chi connectivity index (χ1v) is 6.42. The van der Waals surface area contributed by atoms with E-state index in [-0.39, 0.29) is 16.8 Å². The van der Waals surface area contributed by atoms with E-state index in [1.807, 2.05) is 6.92 Å². The zero-order chi connectivity index (χ0) is 14.2. The second-order valence-corrected chi connectivity index (χ2v) is 4.87. The van der Waals surface area contributed by atoms with Crippen LogP contribution in [-0.2, 0) is 9.59 Å². The summed E-state index contributed by atoms with van der Waals surface area (Å²) in [5.41, 5.74) is 0.435. The first-order valence-electron chi connectivity index (χ1n) is 6.04. The van der Waals surface area contributed by atoms with Gasteiger partial charge in [-0.3, -0.25) is 14.5 Å². The van der Waals surface area contributed by atoms with Gasteiger partial charge in [0, 0.05) is 5.69 Å². The zero-order valence-corrected chi connectivity index (χ0v) is 11.4. The molecule has 1 heterocycles. The number of nitrogens with one attached hydrogen (secondary N) is 1. The number of hydrogen-bond acceptors (Lipinski definition) is 2. The van der Waals surface area contributed by atoms with Crippen LogP contribution in [0.2, 0.25) is 5.02 Å². The van der Waals surface area contributed by atoms with Gasteiger partial charge in [0.15, 0.2) is 0 Å². The van der Waals surface area contributed by atoms with Crippen molar-refractivity contribution >= 4 is 29.1 Å². The molecule has 0 aromatic heterocycles. The average Bonchev–Trinajstić information content (AvgIpc) is 2.37. The molecule has 1 aromatic rings. The van der Waals surface area contributed by atoms with Gasteiger partial charge in [0.25, 0.3) is 0 Å². The number of carbonyl (C=O) groups is 2. The summed E-state index contributed by atoms with van der Waals surface area (Å²) in [4.78, 5) is 25.5. The van der Waals surface area contributed by atoms with Crippen molar-refractivity contribution in [3.63, 3.8) is 0 Å². The number of rotatable bonds is 2. The largest absolute Gasteiger partial charge is 0.343 e. The molecular weight excluding hydrogens is 271 g/mol. The molecule has 2 rings (SSSR count). The van der Waals surface area contributed by atoms with Crippen molar-refractivity contribution in [3.8, 4) is 0 Å². The van der Waals surface area contributed by atoms with Crippen LogP contribution in [0.5, 0.6) is 0 Å². The Bertz CT molecular complexity index is 535. The second kappa shape index (κ2) is 5.17. The van der Waals surface area contributed by atoms with Gasteiger partial charge in [-0.1, -0.05) is 18.5 Å². The third kappa shape index (κ3) is 2.42. The van der Waals surface area contributed by atoms with E-state index in [2.05, 4.69) is 5.32 Å². The van der Waals surface area contributed by atoms with Crippen LogP contribution in [0.15, 0.2) is 18.2 Å². The van der Waals surface area contributed by atoms with E-state index in [1.165, 1.54) is 23.1 Å². The number of hydrogen-bond donors (Lipinski definition) is 1. The minimum Gasteiger partial charge on any atom is -0.343 e. The van der Waals surface area contributed by atoms with Crippen LogP contribution < -0.4 is 10.2 Å². The molecule has 0 saturated carbocycles. The number of amides is 2. The minimum absolute atomic E-state index is 0.0706. The van der Waals surface area contributed by atoms with Gasteiger partial charge in [-0.05, 0) is 31.5 Å². The van der Waals surface area contributed by atoms with E-state index < -0.39 is 17.9 Å². The molecule has 1 fully saturated rings. The van der Waals surface area contributed by atoms with Gasteiger partial charge in [0.2, 0.25) is 11.8 Å². The highest BCUT2D eigenvalue weighted by Crippen LogP contribution is 2.27. The van der Waals surface area contributed by atoms with Gasteiger partial charge in [0.1, 0.15) is 17.9 Å². The van der Waals surface area contributed by atoms with Crippen LogP contribution >= 0.6 is 11.6 Å². The molecule has 2 unspecified atom stereocenters. The van der Waals surface area contributed by atoms with Crippen molar-refractivity contribution in [1.82, 2.24) is 5.32 Å². The third-order valence-corrected chi connectivity index (χ3v) is 3.44. The summed E-state index contributed by atoms with van der Waals surface area (Å²) < 4.78 is 13.2. The fourth-order valence-electron chi connectivity index (χ4n) is 2.16. The number of carbonyl (C=O) groups excluding carboxylic acids is 2. The maximum Gasteiger partial charge on any atom is 0.250 e. The molecule has 6 heteroatoms. The Morgan fingerprint density at radius 1 is 1.42 bits per heavy atom. The lowest BCUT2D eigenvalue weighted by Crippen LogP contribution is -2.62. The Balaban J connectivity index is 2.45. The standard InChI is InChI=1S/C13H14ClFN2O2/c1-3-11-12(18)16-7(2)13(19)17(11)8-4-5-10(15)9(14)6-8/h4-7,11H,3H2,1-2H3,(H,16,18). The summed E-state index contributed by atoms with van der Waals surface area (Å²) in [7, 11) is 0. The predicted octanol–water partition coefficient (Wildman–Crippen LogP) is 2.11. The van der Waals surface area contributed by atoms with Gasteiger partial charge in [-0.2, -0.15) is 0 Å². The molecule has 1 saturated heterocycles. The topological polar surface area (TPSA) is 49.4 Å². The summed E-state index contributed by atoms with van der Waals surface area (Å²) >= 11 is 5.73. The maximum absolute atomic E-state index is 13.2. The molecule has 102 valence electrons. The number of benzene rings is 1. The molecule has 2 atom stereocenters. The van der Waals surface area contributed by atoms with Gasteiger partial charge in [-0.15, -0.1) is 0 Å². The number of halogens is 2. The predicted molar refractivity (Wildman–Crippen MR) is 70.6 cm³/mol. The quantitative estimate of drug-likeness (QED) is 0.904. The van der Waals surface area contributed by atoms with E-state index in [9.17, 15) is 14.0 Å². The van der Waals surface area contributed by atoms with Crippen molar-refractivity contribution < 1.29 is 14.0 Å². The molecule has 19 heavy (non-hydrogen) atoms. The Hall–Kier alpha value is -1.62. The van der Waals surface area contributed by atoms with Gasteiger partial charge < -0.3 is 5.32 Å². The summed E-state index contributed by atoms with van der Waals surface area (Å²) in [6.45, 7) is 3.43. The molecule has 1 aliphatic rings. The molecule has 1 aliphatic heterocycles. The fraction of sp³-hybridized carbons (Fsp3) is 0.385. The van der Waals surface area contributed by atoms with Crippen molar-refractivity contribution in [3.05, 3.63) is 29.0 Å². The van der Waals surface area contributed by atoms with E-state index >= 15 is 0 Å². The zero-order valence-electron chi connectivity index (χ0n) is 10.6. The SMILES string of the molecule is CCC1C(=O)NC(C)C(=O)N1c1ccc(F)c(Cl)c1. The van der Waals surface area contributed by atoms with E-state index in [0.29, 0.717) is 12.1 Å². The lowest BCUT2D eigenvalue weighted by Gasteiger charge is -2.37. The lowest BCUT2D eigenvalue weighted by atomic mass is 10.0. The highest BCUT2D eigenvalue weighted by Gasteiger charge is 2.38. The Kier molecular flexibility index (Phi) is 3.75. The monoisotopic (exact) mass is 284 g/mol. The Labute approximate surface area is 115 Å². The average molecular weight is 285 g/mol. The highest BCUT2D eigenvalue weighted by atomic mass is 35.5. The normalized spacial score (nSPS) is 23.5. The fourth-order valence-corrected chi connectivity index (χ4v) is 2.34. The van der Waals surface area contributed by atoms with Crippen molar-refractivity contribution in [2.24, 2.45) is 0 Å². The van der Waals surface area contributed by atoms with Crippen LogP contribution in [0.3, 0.4) is 0 Å². The number of anilines is 1. The van der Waals surface area contributed by atoms with Crippen LogP contribution in [-0.4, -0.2) is 23.9 Å². The molecule has 0 bridgehead atoms. The van der Waals surface area contributed by atoms with Crippen molar-refractivity contribution in [1.29, 1.82) is 0 Å². The van der Waals surface area contributed by atoms with E-state index in [0.717, 1.165) is 0 Å². The van der Waals surface area contributed by atoms with Crippen LogP contribution in [0.25, 0.3) is 0 Å². The molecule has 0 aliphatic carbocycles. The molecule has 0 radical (unpaired) electrons. The smallest absolute Gasteiger partial charge is 0.250 e. The molecule has 4 nitrogen and oxygen atoms in total. The first kappa shape index (κ1) is 13.8. The molecule has 0 spiro atoms. The van der Waals surface area contributed by atoms with Crippen LogP contribution in [0.4, 0.5) is 10.1 Å². The summed E-state index contributed by atoms with van der Waals surface area (Å²) in [6, 6.07) is 2.81. The number of piperazine rings is 1. The minimum atomic E-state index is -0.598. The van der Waals surface area contributed by atoms with Gasteiger partial charge >= 0.3 is 0 Å². The highest BCUT2D eigenvalue weighted by molar-refractivity contribution is 6.31. The first-order chi connectivity index (χ1) is 8.95. The maximum atomic E-state index is 13.2. The van der Waals surface area contributed by atoms with Crippen LogP contribution in [0.1, 0.15) is 20.3 Å². The molecular formula is C13H14ClFN2O2. The summed E-state index contributed by atoms with van der Waals surface area (Å²) in [6.07, 6.45) is 0.472.